The molecular formula is C10H11CuO2. The molecule has 0 aliphatic carbocycles. The molecular weight excluding hydrogens is 216 g/mol. The van der Waals surface area contributed by atoms with E-state index in [2.05, 4.69) is 16.0 Å². The van der Waals surface area contributed by atoms with Crippen molar-refractivity contribution >= 4 is 4.87 Å². The van der Waals surface area contributed by atoms with Crippen molar-refractivity contribution in [3.63, 3.8) is 0 Å². The normalized spacial score (nSPS) is 12.2. The second-order valence-corrected chi connectivity index (χ2v) is 3.21. The summed E-state index contributed by atoms with van der Waals surface area (Å²) in [6, 6.07) is 9.87. The average Bonchev–Trinajstić information content (AvgIpc) is 2.15. The van der Waals surface area contributed by atoms with Gasteiger partial charge < -0.3 is 0 Å². The van der Waals surface area contributed by atoms with Crippen molar-refractivity contribution in [2.45, 2.75) is 12.8 Å². The first-order valence-electron chi connectivity index (χ1n) is 4.03. The Kier molecular flexibility index (Phi) is 4.00. The van der Waals surface area contributed by atoms with Gasteiger partial charge in [-0.15, -0.1) is 0 Å². The molecule has 1 atom stereocenters. The molecule has 0 N–H and O–H groups in total. The van der Waals surface area contributed by atoms with E-state index in [4.69, 9.17) is 4.74 Å². The van der Waals surface area contributed by atoms with Crippen LogP contribution in [-0.4, -0.2) is 11.5 Å². The first kappa shape index (κ1) is 10.3. The van der Waals surface area contributed by atoms with Crippen molar-refractivity contribution in [2.75, 3.05) is 6.61 Å². The van der Waals surface area contributed by atoms with Crippen LogP contribution in [0.1, 0.15) is 18.4 Å². The van der Waals surface area contributed by atoms with Crippen LogP contribution in [0, 0.1) is 0 Å². The van der Waals surface area contributed by atoms with Crippen molar-refractivity contribution < 1.29 is 25.5 Å². The monoisotopic (exact) mass is 226 g/mol. The van der Waals surface area contributed by atoms with Crippen molar-refractivity contribution in [3.05, 3.63) is 35.9 Å². The van der Waals surface area contributed by atoms with E-state index >= 15 is 0 Å². The van der Waals surface area contributed by atoms with Crippen LogP contribution in [0.3, 0.4) is 0 Å². The van der Waals surface area contributed by atoms with Crippen LogP contribution >= 0.6 is 0 Å². The van der Waals surface area contributed by atoms with Gasteiger partial charge in [-0.2, -0.15) is 0 Å². The number of hydrogen-bond donors (Lipinski definition) is 0. The molecule has 0 fully saturated rings. The van der Waals surface area contributed by atoms with Crippen LogP contribution in [-0.2, 0) is 20.7 Å². The van der Waals surface area contributed by atoms with Crippen LogP contribution in [0.2, 0.25) is 0 Å². The van der Waals surface area contributed by atoms with Gasteiger partial charge in [0.2, 0.25) is 0 Å². The van der Waals surface area contributed by atoms with E-state index in [1.165, 1.54) is 0 Å². The maximum atomic E-state index is 10.4. The van der Waals surface area contributed by atoms with E-state index in [1.54, 1.807) is 0 Å². The Labute approximate surface area is 86.1 Å². The zero-order valence-electron chi connectivity index (χ0n) is 7.29. The quantitative estimate of drug-likeness (QED) is 0.741. The number of benzene rings is 1. The van der Waals surface area contributed by atoms with Gasteiger partial charge in [-0.05, 0) is 0 Å². The van der Waals surface area contributed by atoms with Crippen molar-refractivity contribution in [2.24, 2.45) is 0 Å². The van der Waals surface area contributed by atoms with E-state index in [0.717, 1.165) is 5.56 Å². The number of carbonyl (C=O) groups excluding carboxylic acids is 1. The zero-order valence-corrected chi connectivity index (χ0v) is 8.23. The van der Waals surface area contributed by atoms with E-state index in [0.29, 0.717) is 6.61 Å². The van der Waals surface area contributed by atoms with E-state index in [1.807, 2.05) is 37.3 Å². The van der Waals surface area contributed by atoms with Gasteiger partial charge in [-0.3, -0.25) is 0 Å². The summed E-state index contributed by atoms with van der Waals surface area (Å²) in [5.41, 5.74) is 1.15. The Hall–Kier alpha value is -0.791. The summed E-state index contributed by atoms with van der Waals surface area (Å²) in [5.74, 6) is 0.199. The molecule has 1 unspecified atom stereocenters. The van der Waals surface area contributed by atoms with Gasteiger partial charge >= 0.3 is 85.8 Å². The molecule has 0 aliphatic heterocycles. The number of carbonyl (C=O) groups is 1. The summed E-state index contributed by atoms with van der Waals surface area (Å²) in [7, 11) is 0. The topological polar surface area (TPSA) is 26.3 Å². The predicted molar refractivity (Wildman–Crippen MR) is 46.2 cm³/mol. The van der Waals surface area contributed by atoms with Crippen LogP contribution in [0.15, 0.2) is 30.3 Å². The summed E-state index contributed by atoms with van der Waals surface area (Å²) >= 11 is 4.43. The Balaban J connectivity index is 2.49. The van der Waals surface area contributed by atoms with E-state index in [9.17, 15) is 4.79 Å². The van der Waals surface area contributed by atoms with Crippen LogP contribution < -0.4 is 0 Å². The molecule has 0 saturated heterocycles. The second-order valence-electron chi connectivity index (χ2n) is 2.83. The molecule has 0 aromatic heterocycles. The molecule has 0 radical (unpaired) electrons. The molecule has 13 heavy (non-hydrogen) atoms. The SMILES string of the molecule is CC(CO[C](=O)[Cu])c1ccccc1. The van der Waals surface area contributed by atoms with Gasteiger partial charge in [0.05, 0.1) is 0 Å². The number of hydrogen-bond acceptors (Lipinski definition) is 2. The van der Waals surface area contributed by atoms with Crippen molar-refractivity contribution in [3.8, 4) is 0 Å². The van der Waals surface area contributed by atoms with Gasteiger partial charge in [0.1, 0.15) is 0 Å². The predicted octanol–water partition coefficient (Wildman–Crippen LogP) is 2.47. The Morgan fingerprint density at radius 1 is 1.46 bits per heavy atom. The molecule has 1 aromatic rings. The molecule has 1 rings (SSSR count). The molecule has 0 saturated carbocycles. The minimum absolute atomic E-state index is 0.199. The first-order valence-corrected chi connectivity index (χ1v) is 4.50. The third-order valence-corrected chi connectivity index (χ3v) is 1.94. The summed E-state index contributed by atoms with van der Waals surface area (Å²) in [5, 5.41) is 0. The van der Waals surface area contributed by atoms with E-state index in [-0.39, 0.29) is 5.92 Å². The minimum atomic E-state index is -0.657. The fraction of sp³-hybridized carbons (Fsp3) is 0.300. The fourth-order valence-corrected chi connectivity index (χ4v) is 1.14. The molecule has 0 amide bonds. The van der Waals surface area contributed by atoms with Crippen LogP contribution in [0.25, 0.3) is 0 Å². The molecule has 0 heterocycles. The number of ether oxygens (including phenoxy) is 1. The third kappa shape index (κ3) is 3.62. The third-order valence-electron chi connectivity index (χ3n) is 1.80. The number of rotatable bonds is 3. The molecule has 2 nitrogen and oxygen atoms in total. The van der Waals surface area contributed by atoms with Gasteiger partial charge in [0, 0.05) is 0 Å². The summed E-state index contributed by atoms with van der Waals surface area (Å²) in [6.45, 7) is 2.34. The Bertz CT molecular complexity index is 272. The second kappa shape index (κ2) is 5.05. The summed E-state index contributed by atoms with van der Waals surface area (Å²) in [6.07, 6.45) is 0. The van der Waals surface area contributed by atoms with Gasteiger partial charge in [0.15, 0.2) is 0 Å². The van der Waals surface area contributed by atoms with Crippen molar-refractivity contribution in [1.82, 2.24) is 0 Å². The van der Waals surface area contributed by atoms with E-state index < -0.39 is 4.87 Å². The van der Waals surface area contributed by atoms with Gasteiger partial charge in [0.25, 0.3) is 0 Å². The van der Waals surface area contributed by atoms with Crippen LogP contribution in [0.5, 0.6) is 0 Å². The maximum absolute atomic E-state index is 10.4. The van der Waals surface area contributed by atoms with Crippen LogP contribution in [0.4, 0.5) is 4.79 Å². The fourth-order valence-electron chi connectivity index (χ4n) is 1.06. The summed E-state index contributed by atoms with van der Waals surface area (Å²) < 4.78 is 4.72. The summed E-state index contributed by atoms with van der Waals surface area (Å²) in [4.78, 5) is 9.71. The molecule has 1 aromatic carbocycles. The Morgan fingerprint density at radius 3 is 2.62 bits per heavy atom. The van der Waals surface area contributed by atoms with Gasteiger partial charge in [-0.25, -0.2) is 0 Å². The molecule has 0 bridgehead atoms. The van der Waals surface area contributed by atoms with Crippen molar-refractivity contribution in [1.29, 1.82) is 0 Å². The standard InChI is InChI=1S/C10H11O2.Cu/c1-9(7-12-8-11)10-5-3-2-4-6-10;/h2-6,9H,7H2,1H3;. The first-order chi connectivity index (χ1) is 6.20. The molecule has 0 spiro atoms. The molecule has 74 valence electrons. The van der Waals surface area contributed by atoms with Gasteiger partial charge in [-0.1, -0.05) is 0 Å². The molecule has 3 heteroatoms. The average molecular weight is 227 g/mol. The molecule has 0 aliphatic rings. The zero-order chi connectivity index (χ0) is 9.68. The Morgan fingerprint density at radius 2 is 2.08 bits per heavy atom.